The van der Waals surface area contributed by atoms with E-state index >= 15 is 0 Å². The zero-order chi connectivity index (χ0) is 22.9. The number of aryl methyl sites for hydroxylation is 1. The molecule has 1 fully saturated rings. The highest BCUT2D eigenvalue weighted by atomic mass is 15.5. The van der Waals surface area contributed by atoms with Crippen molar-refractivity contribution in [1.82, 2.24) is 15.0 Å². The molecule has 3 heteroatoms. The second-order valence-corrected chi connectivity index (χ2v) is 12.5. The Balaban J connectivity index is 1.84. The van der Waals surface area contributed by atoms with E-state index in [1.807, 2.05) is 0 Å². The first kappa shape index (κ1) is 24.8. The van der Waals surface area contributed by atoms with Crippen molar-refractivity contribution in [3.63, 3.8) is 0 Å². The number of hydrogen-bond acceptors (Lipinski definition) is 2. The van der Waals surface area contributed by atoms with Crippen molar-refractivity contribution in [3.8, 4) is 0 Å². The average Bonchev–Trinajstić information content (AvgIpc) is 3.00. The minimum absolute atomic E-state index is 0.122. The fraction of sp³-hybridized carbons (Fsp3) is 0.929. The number of unbranched alkanes of at least 4 members (excludes halogenated alkanes) is 3. The Hall–Kier alpha value is -0.860. The normalized spacial score (nSPS) is 30.1. The van der Waals surface area contributed by atoms with Crippen molar-refractivity contribution in [2.45, 2.75) is 144 Å². The molecule has 0 N–H and O–H groups in total. The van der Waals surface area contributed by atoms with Crippen LogP contribution in [-0.4, -0.2) is 15.0 Å². The van der Waals surface area contributed by atoms with Gasteiger partial charge < -0.3 is 0 Å². The molecule has 1 heterocycles. The summed E-state index contributed by atoms with van der Waals surface area (Å²) in [5, 5.41) is 9.58. The van der Waals surface area contributed by atoms with Crippen LogP contribution >= 0.6 is 0 Å². The Labute approximate surface area is 193 Å². The molecule has 1 saturated carbocycles. The Morgan fingerprint density at radius 3 is 2.10 bits per heavy atom. The standard InChI is InChI=1S/C28H51N3/c1-9-12-14-18-25(4,5)24-27(7)20-15-22-23(16-21-28(24,27)8)31(30-29-22)26(6,17-11-3)19-13-10-2/h24H,9-21H2,1-8H3/t24-,26?,27+,28-/m0/s1. The zero-order valence-electron chi connectivity index (χ0n) is 22.1. The molecule has 0 aliphatic heterocycles. The Morgan fingerprint density at radius 1 is 0.839 bits per heavy atom. The summed E-state index contributed by atoms with van der Waals surface area (Å²) < 4.78 is 2.39. The Kier molecular flexibility index (Phi) is 7.34. The molecule has 1 aromatic rings. The van der Waals surface area contributed by atoms with Gasteiger partial charge in [-0.25, -0.2) is 4.68 Å². The quantitative estimate of drug-likeness (QED) is 0.332. The third kappa shape index (κ3) is 4.36. The van der Waals surface area contributed by atoms with E-state index in [9.17, 15) is 0 Å². The summed E-state index contributed by atoms with van der Waals surface area (Å²) in [4.78, 5) is 0. The van der Waals surface area contributed by atoms with Gasteiger partial charge in [-0.3, -0.25) is 0 Å². The predicted molar refractivity (Wildman–Crippen MR) is 132 cm³/mol. The molecule has 0 aromatic carbocycles. The number of rotatable bonds is 11. The molecule has 1 unspecified atom stereocenters. The molecule has 1 aromatic heterocycles. The van der Waals surface area contributed by atoms with Crippen LogP contribution in [0.4, 0.5) is 0 Å². The van der Waals surface area contributed by atoms with Gasteiger partial charge in [-0.1, -0.05) is 92.2 Å². The van der Waals surface area contributed by atoms with Crippen LogP contribution in [-0.2, 0) is 18.4 Å². The molecule has 3 rings (SSSR count). The van der Waals surface area contributed by atoms with Crippen LogP contribution < -0.4 is 0 Å². The summed E-state index contributed by atoms with van der Waals surface area (Å²) in [7, 11) is 0. The van der Waals surface area contributed by atoms with E-state index in [1.165, 1.54) is 82.0 Å². The van der Waals surface area contributed by atoms with Crippen LogP contribution in [0.15, 0.2) is 0 Å². The minimum atomic E-state index is 0.122. The van der Waals surface area contributed by atoms with Crippen LogP contribution in [0.1, 0.15) is 137 Å². The van der Waals surface area contributed by atoms with Crippen LogP contribution in [0.25, 0.3) is 0 Å². The van der Waals surface area contributed by atoms with E-state index in [0.29, 0.717) is 16.2 Å². The van der Waals surface area contributed by atoms with Gasteiger partial charge in [0.25, 0.3) is 0 Å². The molecule has 0 spiro atoms. The summed E-state index contributed by atoms with van der Waals surface area (Å²) in [5.74, 6) is 0.830. The number of hydrogen-bond donors (Lipinski definition) is 0. The number of fused-ring (bicyclic) bond motifs is 2. The van der Waals surface area contributed by atoms with Crippen molar-refractivity contribution in [2.24, 2.45) is 22.2 Å². The molecule has 0 amide bonds. The van der Waals surface area contributed by atoms with E-state index in [-0.39, 0.29) is 5.54 Å². The van der Waals surface area contributed by atoms with Gasteiger partial charge in [-0.05, 0) is 74.0 Å². The lowest BCUT2D eigenvalue weighted by Crippen LogP contribution is -2.33. The molecular weight excluding hydrogens is 378 g/mol. The first-order valence-corrected chi connectivity index (χ1v) is 13.5. The van der Waals surface area contributed by atoms with Gasteiger partial charge in [0.15, 0.2) is 0 Å². The van der Waals surface area contributed by atoms with Crippen molar-refractivity contribution < 1.29 is 0 Å². The van der Waals surface area contributed by atoms with Gasteiger partial charge in [0, 0.05) is 0 Å². The highest BCUT2D eigenvalue weighted by Gasteiger charge is 2.73. The fourth-order valence-corrected chi connectivity index (χ4v) is 7.91. The highest BCUT2D eigenvalue weighted by molar-refractivity contribution is 5.26. The zero-order valence-corrected chi connectivity index (χ0v) is 22.1. The monoisotopic (exact) mass is 429 g/mol. The van der Waals surface area contributed by atoms with Gasteiger partial charge in [0.1, 0.15) is 0 Å². The lowest BCUT2D eigenvalue weighted by atomic mass is 9.77. The summed E-state index contributed by atoms with van der Waals surface area (Å²) >= 11 is 0. The van der Waals surface area contributed by atoms with Gasteiger partial charge >= 0.3 is 0 Å². The lowest BCUT2D eigenvalue weighted by Gasteiger charge is -2.32. The maximum Gasteiger partial charge on any atom is 0.0859 e. The van der Waals surface area contributed by atoms with Gasteiger partial charge in [-0.15, -0.1) is 5.10 Å². The summed E-state index contributed by atoms with van der Waals surface area (Å²) in [6, 6.07) is 0. The molecule has 2 aliphatic carbocycles. The average molecular weight is 430 g/mol. The topological polar surface area (TPSA) is 30.7 Å². The number of nitrogens with zero attached hydrogens (tertiary/aromatic N) is 3. The van der Waals surface area contributed by atoms with Crippen molar-refractivity contribution in [2.75, 3.05) is 0 Å². The number of aromatic nitrogens is 3. The summed E-state index contributed by atoms with van der Waals surface area (Å²) in [6.45, 7) is 19.7. The van der Waals surface area contributed by atoms with Crippen LogP contribution in [0.5, 0.6) is 0 Å². The van der Waals surface area contributed by atoms with E-state index < -0.39 is 0 Å². The van der Waals surface area contributed by atoms with E-state index in [2.05, 4.69) is 60.1 Å². The summed E-state index contributed by atoms with van der Waals surface area (Å²) in [6.07, 6.45) is 16.4. The second-order valence-electron chi connectivity index (χ2n) is 12.5. The molecule has 2 aliphatic rings. The van der Waals surface area contributed by atoms with Gasteiger partial charge in [0.2, 0.25) is 0 Å². The maximum atomic E-state index is 4.79. The van der Waals surface area contributed by atoms with Crippen LogP contribution in [0.2, 0.25) is 0 Å². The van der Waals surface area contributed by atoms with Gasteiger partial charge in [0.05, 0.1) is 16.9 Å². The third-order valence-corrected chi connectivity index (χ3v) is 9.68. The maximum absolute atomic E-state index is 4.79. The fourth-order valence-electron chi connectivity index (χ4n) is 7.91. The molecule has 31 heavy (non-hydrogen) atoms. The molecule has 0 saturated heterocycles. The molecular formula is C28H51N3. The lowest BCUT2D eigenvalue weighted by molar-refractivity contribution is 0.212. The van der Waals surface area contributed by atoms with Crippen LogP contribution in [0, 0.1) is 22.2 Å². The van der Waals surface area contributed by atoms with Crippen molar-refractivity contribution in [3.05, 3.63) is 11.4 Å². The van der Waals surface area contributed by atoms with Crippen molar-refractivity contribution >= 4 is 0 Å². The van der Waals surface area contributed by atoms with Gasteiger partial charge in [-0.2, -0.15) is 0 Å². The second kappa shape index (κ2) is 9.18. The van der Waals surface area contributed by atoms with E-state index in [1.54, 1.807) is 0 Å². The molecule has 3 nitrogen and oxygen atoms in total. The first-order valence-electron chi connectivity index (χ1n) is 13.5. The summed E-state index contributed by atoms with van der Waals surface area (Å²) in [5.41, 5.74) is 4.24. The highest BCUT2D eigenvalue weighted by Crippen LogP contribution is 2.79. The van der Waals surface area contributed by atoms with E-state index in [4.69, 9.17) is 10.3 Å². The van der Waals surface area contributed by atoms with Crippen molar-refractivity contribution in [1.29, 1.82) is 0 Å². The Bertz CT molecular complexity index is 735. The largest absolute Gasteiger partial charge is 0.243 e. The molecule has 4 atom stereocenters. The SMILES string of the molecule is CCCCCC(C)(C)[C@@H]1[C@]2(C)CCc3c(nnn3C(C)(CCC)CCCC)CC[C@]12C. The van der Waals surface area contributed by atoms with Crippen LogP contribution in [0.3, 0.4) is 0 Å². The first-order chi connectivity index (χ1) is 14.6. The predicted octanol–water partition coefficient (Wildman–Crippen LogP) is 8.11. The smallest absolute Gasteiger partial charge is 0.0859 e. The minimum Gasteiger partial charge on any atom is -0.243 e. The third-order valence-electron chi connectivity index (χ3n) is 9.68. The molecule has 178 valence electrons. The molecule has 0 radical (unpaired) electrons. The molecule has 0 bridgehead atoms. The Morgan fingerprint density at radius 2 is 1.48 bits per heavy atom. The van der Waals surface area contributed by atoms with E-state index in [0.717, 1.165) is 18.8 Å².